The summed E-state index contributed by atoms with van der Waals surface area (Å²) < 4.78 is 20.8. The smallest absolute Gasteiger partial charge is 0.332 e. The number of hydrogen-bond acceptors (Lipinski definition) is 5. The summed E-state index contributed by atoms with van der Waals surface area (Å²) in [5, 5.41) is 0. The molecule has 4 nitrogen and oxygen atoms in total. The van der Waals surface area contributed by atoms with Crippen LogP contribution in [0.5, 0.6) is 17.2 Å². The van der Waals surface area contributed by atoms with Gasteiger partial charge in [0.25, 0.3) is 0 Å². The molecule has 0 saturated heterocycles. The molecule has 0 saturated carbocycles. The SMILES string of the molecule is CCOP(=S)(Cl)Oc1cc(OC)cc(OC)c1. The van der Waals surface area contributed by atoms with Gasteiger partial charge in [-0.25, -0.2) is 0 Å². The van der Waals surface area contributed by atoms with Crippen LogP contribution in [0.2, 0.25) is 0 Å². The van der Waals surface area contributed by atoms with Crippen LogP contribution in [0.3, 0.4) is 0 Å². The zero-order valence-electron chi connectivity index (χ0n) is 9.81. The molecule has 1 rings (SSSR count). The maximum absolute atomic E-state index is 5.96. The summed E-state index contributed by atoms with van der Waals surface area (Å²) in [6, 6.07) is 5.07. The highest BCUT2D eigenvalue weighted by molar-refractivity contribution is 8.22. The Hall–Kier alpha value is -0.480. The molecule has 1 unspecified atom stereocenters. The predicted molar refractivity (Wildman–Crippen MR) is 71.9 cm³/mol. The van der Waals surface area contributed by atoms with Crippen molar-refractivity contribution in [2.24, 2.45) is 0 Å². The maximum atomic E-state index is 5.96. The summed E-state index contributed by atoms with van der Waals surface area (Å²) in [7, 11) is 3.11. The van der Waals surface area contributed by atoms with Crippen molar-refractivity contribution in [2.45, 2.75) is 6.92 Å². The zero-order valence-corrected chi connectivity index (χ0v) is 12.3. The van der Waals surface area contributed by atoms with E-state index < -0.39 is 5.84 Å². The lowest BCUT2D eigenvalue weighted by atomic mass is 10.3. The average molecular weight is 297 g/mol. The first-order valence-corrected chi connectivity index (χ1v) is 8.42. The molecule has 7 heteroatoms. The lowest BCUT2D eigenvalue weighted by Gasteiger charge is -2.16. The number of rotatable bonds is 6. The van der Waals surface area contributed by atoms with Gasteiger partial charge in [0.1, 0.15) is 17.2 Å². The molecular formula is C10H14ClO4PS. The molecule has 0 bridgehead atoms. The van der Waals surface area contributed by atoms with Crippen molar-refractivity contribution in [1.82, 2.24) is 0 Å². The molecule has 17 heavy (non-hydrogen) atoms. The zero-order chi connectivity index (χ0) is 12.9. The van der Waals surface area contributed by atoms with Crippen LogP contribution in [0.15, 0.2) is 18.2 Å². The van der Waals surface area contributed by atoms with Crippen LogP contribution >= 0.6 is 17.1 Å². The second kappa shape index (κ2) is 6.45. The molecule has 0 aliphatic heterocycles. The van der Waals surface area contributed by atoms with E-state index in [0.717, 1.165) is 0 Å². The van der Waals surface area contributed by atoms with Crippen molar-refractivity contribution in [3.05, 3.63) is 18.2 Å². The number of ether oxygens (including phenoxy) is 2. The Morgan fingerprint density at radius 1 is 1.12 bits per heavy atom. The topological polar surface area (TPSA) is 36.9 Å². The molecule has 0 heterocycles. The molecule has 1 atom stereocenters. The molecule has 0 aliphatic carbocycles. The fourth-order valence-corrected chi connectivity index (χ4v) is 2.97. The van der Waals surface area contributed by atoms with E-state index >= 15 is 0 Å². The summed E-state index contributed by atoms with van der Waals surface area (Å²) in [5.41, 5.74) is 0. The second-order valence-electron chi connectivity index (χ2n) is 2.99. The van der Waals surface area contributed by atoms with Crippen LogP contribution in [0.4, 0.5) is 0 Å². The van der Waals surface area contributed by atoms with Gasteiger partial charge >= 0.3 is 5.84 Å². The van der Waals surface area contributed by atoms with Crippen molar-refractivity contribution in [3.63, 3.8) is 0 Å². The normalized spacial score (nSPS) is 13.9. The van der Waals surface area contributed by atoms with Crippen molar-refractivity contribution in [3.8, 4) is 17.2 Å². The minimum atomic E-state index is -2.78. The minimum absolute atomic E-state index is 0.405. The molecule has 0 radical (unpaired) electrons. The Balaban J connectivity index is 2.94. The molecule has 96 valence electrons. The van der Waals surface area contributed by atoms with E-state index in [1.54, 1.807) is 39.3 Å². The van der Waals surface area contributed by atoms with Gasteiger partial charge in [-0.3, -0.25) is 0 Å². The van der Waals surface area contributed by atoms with E-state index in [9.17, 15) is 0 Å². The van der Waals surface area contributed by atoms with Crippen molar-refractivity contribution < 1.29 is 18.5 Å². The van der Waals surface area contributed by atoms with E-state index in [2.05, 4.69) is 0 Å². The molecule has 1 aromatic carbocycles. The highest BCUT2D eigenvalue weighted by atomic mass is 35.7. The van der Waals surface area contributed by atoms with Gasteiger partial charge in [0.05, 0.1) is 20.8 Å². The van der Waals surface area contributed by atoms with E-state index in [-0.39, 0.29) is 0 Å². The second-order valence-corrected chi connectivity index (χ2v) is 7.67. The molecule has 0 spiro atoms. The van der Waals surface area contributed by atoms with Crippen molar-refractivity contribution >= 4 is 28.9 Å². The van der Waals surface area contributed by atoms with Crippen LogP contribution in [0, 0.1) is 0 Å². The highest BCUT2D eigenvalue weighted by Crippen LogP contribution is 2.54. The first kappa shape index (κ1) is 14.6. The average Bonchev–Trinajstić information content (AvgIpc) is 2.27. The summed E-state index contributed by atoms with van der Waals surface area (Å²) in [4.78, 5) is 0. The van der Waals surface area contributed by atoms with Gasteiger partial charge < -0.3 is 18.5 Å². The van der Waals surface area contributed by atoms with E-state index in [0.29, 0.717) is 23.9 Å². The standard InChI is InChI=1S/C10H14ClO4PS/c1-4-14-16(11,17)15-10-6-8(12-2)5-9(7-10)13-3/h5-7H,4H2,1-3H3. The summed E-state index contributed by atoms with van der Waals surface area (Å²) in [6.45, 7) is 2.21. The van der Waals surface area contributed by atoms with Gasteiger partial charge in [0.15, 0.2) is 0 Å². The quantitative estimate of drug-likeness (QED) is 0.750. The number of methoxy groups -OCH3 is 2. The maximum Gasteiger partial charge on any atom is 0.332 e. The molecule has 0 amide bonds. The van der Waals surface area contributed by atoms with Gasteiger partial charge in [-0.2, -0.15) is 0 Å². The van der Waals surface area contributed by atoms with Crippen molar-refractivity contribution in [2.75, 3.05) is 20.8 Å². The Kier molecular flexibility index (Phi) is 5.53. The first-order valence-electron chi connectivity index (χ1n) is 4.87. The summed E-state index contributed by atoms with van der Waals surface area (Å²) in [5.74, 6) is -1.12. The minimum Gasteiger partial charge on any atom is -0.496 e. The van der Waals surface area contributed by atoms with Crippen LogP contribution in [-0.4, -0.2) is 20.8 Å². The van der Waals surface area contributed by atoms with Gasteiger partial charge in [0.2, 0.25) is 0 Å². The molecule has 0 aliphatic rings. The monoisotopic (exact) mass is 296 g/mol. The molecule has 0 N–H and O–H groups in total. The predicted octanol–water partition coefficient (Wildman–Crippen LogP) is 3.58. The molecule has 1 aromatic rings. The van der Waals surface area contributed by atoms with E-state index in [1.165, 1.54) is 0 Å². The van der Waals surface area contributed by atoms with Crippen LogP contribution in [-0.2, 0) is 16.3 Å². The lowest BCUT2D eigenvalue weighted by Crippen LogP contribution is -1.94. The molecular weight excluding hydrogens is 283 g/mol. The lowest BCUT2D eigenvalue weighted by molar-refractivity contribution is 0.341. The summed E-state index contributed by atoms with van der Waals surface area (Å²) in [6.07, 6.45) is 0. The van der Waals surface area contributed by atoms with Crippen LogP contribution < -0.4 is 14.0 Å². The molecule has 0 aromatic heterocycles. The molecule has 0 fully saturated rings. The fraction of sp³-hybridized carbons (Fsp3) is 0.400. The van der Waals surface area contributed by atoms with Gasteiger partial charge in [-0.1, -0.05) is 0 Å². The third-order valence-corrected chi connectivity index (χ3v) is 3.86. The van der Waals surface area contributed by atoms with Crippen LogP contribution in [0.25, 0.3) is 0 Å². The number of hydrogen-bond donors (Lipinski definition) is 0. The number of halogens is 1. The first-order chi connectivity index (χ1) is 8.00. The van der Waals surface area contributed by atoms with Gasteiger partial charge in [0, 0.05) is 18.2 Å². The Labute approximate surface area is 111 Å². The van der Waals surface area contributed by atoms with Gasteiger partial charge in [-0.05, 0) is 30.0 Å². The van der Waals surface area contributed by atoms with Gasteiger partial charge in [-0.15, -0.1) is 0 Å². The fourth-order valence-electron chi connectivity index (χ4n) is 1.14. The summed E-state index contributed by atoms with van der Waals surface area (Å²) >= 11 is 11.0. The Morgan fingerprint density at radius 3 is 2.00 bits per heavy atom. The third-order valence-electron chi connectivity index (χ3n) is 1.82. The highest BCUT2D eigenvalue weighted by Gasteiger charge is 2.17. The Morgan fingerprint density at radius 2 is 1.59 bits per heavy atom. The third kappa shape index (κ3) is 4.72. The Bertz CT molecular complexity index is 405. The van der Waals surface area contributed by atoms with E-state index in [4.69, 9.17) is 41.6 Å². The number of benzene rings is 1. The van der Waals surface area contributed by atoms with Crippen molar-refractivity contribution in [1.29, 1.82) is 0 Å². The van der Waals surface area contributed by atoms with E-state index in [1.807, 2.05) is 0 Å². The van der Waals surface area contributed by atoms with Crippen LogP contribution in [0.1, 0.15) is 6.92 Å². The largest absolute Gasteiger partial charge is 0.496 e.